The number of H-pyrrole nitrogens is 1. The standard InChI is InChI=1S/C30H32N4/c1-30(2,3)27-21-34(20-23-14-8-5-9-15-23)29(33-27)28(32-18-22-12-6-4-7-13-22)25-19-31-26-17-11-10-16-24(25)26/h4-17,19,21,28,31-32H,18,20H2,1-3H3. The monoisotopic (exact) mass is 448 g/mol. The molecule has 1 unspecified atom stereocenters. The first-order valence-electron chi connectivity index (χ1n) is 11.9. The maximum absolute atomic E-state index is 5.24. The topological polar surface area (TPSA) is 45.6 Å². The quantitative estimate of drug-likeness (QED) is 0.295. The fraction of sp³-hybridized carbons (Fsp3) is 0.233. The summed E-state index contributed by atoms with van der Waals surface area (Å²) < 4.78 is 2.32. The molecule has 0 fully saturated rings. The Labute approximate surface area is 201 Å². The first kappa shape index (κ1) is 22.2. The third kappa shape index (κ3) is 4.68. The molecule has 0 amide bonds. The lowest BCUT2D eigenvalue weighted by atomic mass is 9.93. The van der Waals surface area contributed by atoms with E-state index in [2.05, 4.69) is 133 Å². The summed E-state index contributed by atoms with van der Waals surface area (Å²) in [6.07, 6.45) is 4.36. The second-order valence-corrected chi connectivity index (χ2v) is 9.94. The molecule has 0 radical (unpaired) electrons. The van der Waals surface area contributed by atoms with Gasteiger partial charge in [0.1, 0.15) is 5.82 Å². The van der Waals surface area contributed by atoms with Gasteiger partial charge in [0.25, 0.3) is 0 Å². The van der Waals surface area contributed by atoms with Crippen LogP contribution in [0, 0.1) is 0 Å². The van der Waals surface area contributed by atoms with Gasteiger partial charge in [0.15, 0.2) is 0 Å². The number of nitrogens with one attached hydrogen (secondary N) is 2. The Balaban J connectivity index is 1.61. The van der Waals surface area contributed by atoms with Crippen LogP contribution < -0.4 is 5.32 Å². The minimum absolute atomic E-state index is 0.0408. The van der Waals surface area contributed by atoms with Gasteiger partial charge in [-0.3, -0.25) is 5.32 Å². The van der Waals surface area contributed by atoms with E-state index in [1.54, 1.807) is 0 Å². The highest BCUT2D eigenvalue weighted by molar-refractivity contribution is 5.84. The van der Waals surface area contributed by atoms with Gasteiger partial charge in [-0.1, -0.05) is 99.6 Å². The van der Waals surface area contributed by atoms with E-state index < -0.39 is 0 Å². The Morgan fingerprint density at radius 3 is 2.21 bits per heavy atom. The molecule has 5 rings (SSSR count). The van der Waals surface area contributed by atoms with E-state index in [4.69, 9.17) is 4.98 Å². The average molecular weight is 449 g/mol. The summed E-state index contributed by atoms with van der Waals surface area (Å²) in [4.78, 5) is 8.71. The number of hydrogen-bond donors (Lipinski definition) is 2. The second-order valence-electron chi connectivity index (χ2n) is 9.94. The van der Waals surface area contributed by atoms with Crippen LogP contribution in [0.5, 0.6) is 0 Å². The maximum atomic E-state index is 5.24. The van der Waals surface area contributed by atoms with Crippen molar-refractivity contribution < 1.29 is 0 Å². The molecule has 4 heteroatoms. The van der Waals surface area contributed by atoms with Crippen LogP contribution in [0.4, 0.5) is 0 Å². The number of benzene rings is 3. The smallest absolute Gasteiger partial charge is 0.131 e. The van der Waals surface area contributed by atoms with Gasteiger partial charge in [-0.05, 0) is 17.2 Å². The molecule has 5 aromatic rings. The van der Waals surface area contributed by atoms with Gasteiger partial charge in [-0.2, -0.15) is 0 Å². The van der Waals surface area contributed by atoms with Crippen LogP contribution in [0.3, 0.4) is 0 Å². The highest BCUT2D eigenvalue weighted by atomic mass is 15.1. The SMILES string of the molecule is CC(C)(C)c1cn(Cc2ccccc2)c(C(NCc2ccccc2)c2c[nH]c3ccccc23)n1. The van der Waals surface area contributed by atoms with Crippen molar-refractivity contribution in [1.82, 2.24) is 19.9 Å². The summed E-state index contributed by atoms with van der Waals surface area (Å²) in [6.45, 7) is 8.22. The molecule has 0 saturated heterocycles. The van der Waals surface area contributed by atoms with Crippen LogP contribution in [0.25, 0.3) is 10.9 Å². The molecule has 0 spiro atoms. The van der Waals surface area contributed by atoms with Crippen molar-refractivity contribution in [2.24, 2.45) is 0 Å². The molecule has 0 aliphatic heterocycles. The predicted octanol–water partition coefficient (Wildman–Crippen LogP) is 6.59. The Morgan fingerprint density at radius 1 is 0.853 bits per heavy atom. The third-order valence-electron chi connectivity index (χ3n) is 6.32. The highest BCUT2D eigenvalue weighted by Crippen LogP contribution is 2.32. The highest BCUT2D eigenvalue weighted by Gasteiger charge is 2.27. The van der Waals surface area contributed by atoms with E-state index in [0.29, 0.717) is 0 Å². The van der Waals surface area contributed by atoms with Crippen LogP contribution in [0.2, 0.25) is 0 Å². The summed E-state index contributed by atoms with van der Waals surface area (Å²) in [5, 5.41) is 5.06. The van der Waals surface area contributed by atoms with Crippen LogP contribution in [-0.4, -0.2) is 14.5 Å². The number of nitrogens with zero attached hydrogens (tertiary/aromatic N) is 2. The summed E-state index contributed by atoms with van der Waals surface area (Å²) in [5.41, 5.74) is 5.94. The Kier molecular flexibility index (Phi) is 6.08. The molecule has 4 nitrogen and oxygen atoms in total. The lowest BCUT2D eigenvalue weighted by Gasteiger charge is -2.20. The Hall–Kier alpha value is -3.63. The fourth-order valence-electron chi connectivity index (χ4n) is 4.42. The number of para-hydroxylation sites is 1. The molecule has 2 aromatic heterocycles. The van der Waals surface area contributed by atoms with Crippen molar-refractivity contribution in [1.29, 1.82) is 0 Å². The van der Waals surface area contributed by atoms with Crippen molar-refractivity contribution >= 4 is 10.9 Å². The van der Waals surface area contributed by atoms with E-state index >= 15 is 0 Å². The number of aromatic nitrogens is 3. The number of aromatic amines is 1. The summed E-state index contributed by atoms with van der Waals surface area (Å²) in [7, 11) is 0. The van der Waals surface area contributed by atoms with Crippen LogP contribution in [0.1, 0.15) is 55.0 Å². The molecule has 2 heterocycles. The van der Waals surface area contributed by atoms with Gasteiger partial charge in [-0.15, -0.1) is 0 Å². The van der Waals surface area contributed by atoms with Gasteiger partial charge >= 0.3 is 0 Å². The molecule has 0 bridgehead atoms. The van der Waals surface area contributed by atoms with Crippen LogP contribution >= 0.6 is 0 Å². The minimum atomic E-state index is -0.0591. The lowest BCUT2D eigenvalue weighted by Crippen LogP contribution is -2.25. The van der Waals surface area contributed by atoms with E-state index in [1.165, 1.54) is 22.1 Å². The molecular formula is C30H32N4. The van der Waals surface area contributed by atoms with E-state index in [0.717, 1.165) is 30.1 Å². The number of imidazole rings is 1. The van der Waals surface area contributed by atoms with Gasteiger partial charge in [-0.25, -0.2) is 4.98 Å². The van der Waals surface area contributed by atoms with Crippen molar-refractivity contribution in [3.8, 4) is 0 Å². The Bertz CT molecular complexity index is 1360. The fourth-order valence-corrected chi connectivity index (χ4v) is 4.42. The molecule has 34 heavy (non-hydrogen) atoms. The molecule has 1 atom stereocenters. The zero-order valence-electron chi connectivity index (χ0n) is 20.1. The predicted molar refractivity (Wildman–Crippen MR) is 140 cm³/mol. The molecule has 0 aliphatic rings. The number of fused-ring (bicyclic) bond motifs is 1. The molecule has 3 aromatic carbocycles. The summed E-state index contributed by atoms with van der Waals surface area (Å²) in [6, 6.07) is 29.6. The molecule has 0 aliphatic carbocycles. The van der Waals surface area contributed by atoms with Gasteiger partial charge in [0.05, 0.1) is 11.7 Å². The van der Waals surface area contributed by atoms with Crippen molar-refractivity contribution in [3.05, 3.63) is 126 Å². The van der Waals surface area contributed by atoms with Crippen LogP contribution in [-0.2, 0) is 18.5 Å². The second kappa shape index (κ2) is 9.32. The molecule has 0 saturated carbocycles. The zero-order valence-corrected chi connectivity index (χ0v) is 20.1. The van der Waals surface area contributed by atoms with Crippen molar-refractivity contribution in [3.63, 3.8) is 0 Å². The molecular weight excluding hydrogens is 416 g/mol. The van der Waals surface area contributed by atoms with Crippen molar-refractivity contribution in [2.45, 2.75) is 45.3 Å². The maximum Gasteiger partial charge on any atom is 0.131 e. The summed E-state index contributed by atoms with van der Waals surface area (Å²) in [5.74, 6) is 1.04. The zero-order chi connectivity index (χ0) is 23.5. The van der Waals surface area contributed by atoms with E-state index in [1.807, 2.05) is 0 Å². The minimum Gasteiger partial charge on any atom is -0.361 e. The van der Waals surface area contributed by atoms with Gasteiger partial charge in [0, 0.05) is 47.4 Å². The first-order chi connectivity index (χ1) is 16.5. The lowest BCUT2D eigenvalue weighted by molar-refractivity contribution is 0.543. The number of hydrogen-bond acceptors (Lipinski definition) is 2. The van der Waals surface area contributed by atoms with E-state index in [-0.39, 0.29) is 11.5 Å². The largest absolute Gasteiger partial charge is 0.361 e. The van der Waals surface area contributed by atoms with Crippen LogP contribution in [0.15, 0.2) is 97.3 Å². The van der Waals surface area contributed by atoms with Gasteiger partial charge < -0.3 is 9.55 Å². The van der Waals surface area contributed by atoms with Gasteiger partial charge in [0.2, 0.25) is 0 Å². The first-order valence-corrected chi connectivity index (χ1v) is 11.9. The van der Waals surface area contributed by atoms with Crippen molar-refractivity contribution in [2.75, 3.05) is 0 Å². The number of rotatable bonds is 7. The summed E-state index contributed by atoms with van der Waals surface area (Å²) >= 11 is 0. The molecule has 2 N–H and O–H groups in total. The Morgan fingerprint density at radius 2 is 1.50 bits per heavy atom. The molecule has 172 valence electrons. The normalized spacial score (nSPS) is 12.8. The average Bonchev–Trinajstić information content (AvgIpc) is 3.46. The third-order valence-corrected chi connectivity index (χ3v) is 6.32. The van der Waals surface area contributed by atoms with E-state index in [9.17, 15) is 0 Å².